The lowest BCUT2D eigenvalue weighted by atomic mass is 10.0. The van der Waals surface area contributed by atoms with Crippen LogP contribution in [0.1, 0.15) is 25.7 Å². The van der Waals surface area contributed by atoms with E-state index in [-0.39, 0.29) is 24.8 Å². The van der Waals surface area contributed by atoms with Gasteiger partial charge in [0, 0.05) is 25.7 Å². The minimum absolute atomic E-state index is 0. The van der Waals surface area contributed by atoms with E-state index in [2.05, 4.69) is 10.6 Å². The Morgan fingerprint density at radius 2 is 0.833 bits per heavy atom. The summed E-state index contributed by atoms with van der Waals surface area (Å²) in [5.74, 6) is 0. The van der Waals surface area contributed by atoms with Crippen LogP contribution in [0.3, 0.4) is 0 Å². The van der Waals surface area contributed by atoms with Gasteiger partial charge in [0.05, 0.1) is 0 Å². The second-order valence-electron chi connectivity index (χ2n) is 4.20. The average molecular weight is 211 g/mol. The number of quaternary nitrogens is 2. The summed E-state index contributed by atoms with van der Waals surface area (Å²) in [4.78, 5) is 0. The second kappa shape index (κ2) is 3.70. The molecule has 0 spiro atoms. The summed E-state index contributed by atoms with van der Waals surface area (Å²) in [5.41, 5.74) is 0. The van der Waals surface area contributed by atoms with Gasteiger partial charge < -0.3 is 35.4 Å². The van der Waals surface area contributed by atoms with E-state index in [1.165, 1.54) is 25.7 Å². The van der Waals surface area contributed by atoms with Gasteiger partial charge in [0.15, 0.2) is 0 Å². The molecule has 3 saturated heterocycles. The maximum Gasteiger partial charge on any atom is 0.139 e. The summed E-state index contributed by atoms with van der Waals surface area (Å²) in [6.45, 7) is 0. The molecule has 0 unspecified atom stereocenters. The van der Waals surface area contributed by atoms with Gasteiger partial charge in [-0.25, -0.2) is 0 Å². The fraction of sp³-hybridized carbons (Fsp3) is 1.00. The van der Waals surface area contributed by atoms with Gasteiger partial charge in [0.2, 0.25) is 0 Å². The lowest BCUT2D eigenvalue weighted by Gasteiger charge is -2.22. The molecule has 12 heavy (non-hydrogen) atoms. The molecule has 3 aliphatic heterocycles. The molecule has 3 rings (SSSR count). The van der Waals surface area contributed by atoms with E-state index in [9.17, 15) is 0 Å². The minimum Gasteiger partial charge on any atom is -1.00 e. The molecule has 3 fully saturated rings. The van der Waals surface area contributed by atoms with E-state index in [0.717, 1.165) is 24.2 Å². The number of halogens is 2. The summed E-state index contributed by atoms with van der Waals surface area (Å²) in [7, 11) is 0. The fourth-order valence-corrected chi connectivity index (χ4v) is 3.22. The molecule has 3 heterocycles. The Balaban J connectivity index is 0.000000360. The fourth-order valence-electron chi connectivity index (χ4n) is 3.22. The molecule has 2 nitrogen and oxygen atoms in total. The Labute approximate surface area is 85.7 Å². The lowest BCUT2D eigenvalue weighted by Crippen LogP contribution is -3.13. The second-order valence-corrected chi connectivity index (χ2v) is 4.20. The van der Waals surface area contributed by atoms with Crippen molar-refractivity contribution in [2.45, 2.75) is 49.9 Å². The van der Waals surface area contributed by atoms with Crippen molar-refractivity contribution in [1.82, 2.24) is 0 Å². The monoisotopic (exact) mass is 210 g/mol. The van der Waals surface area contributed by atoms with Crippen molar-refractivity contribution in [2.75, 3.05) is 0 Å². The Hall–Kier alpha value is 0.500. The van der Waals surface area contributed by atoms with Gasteiger partial charge >= 0.3 is 0 Å². The molecule has 0 aromatic carbocycles. The molecule has 4 heteroatoms. The third kappa shape index (κ3) is 1.35. The van der Waals surface area contributed by atoms with Gasteiger partial charge in [-0.1, -0.05) is 0 Å². The van der Waals surface area contributed by atoms with Gasteiger partial charge in [0.25, 0.3) is 0 Å². The van der Waals surface area contributed by atoms with Gasteiger partial charge in [-0.3, -0.25) is 0 Å². The van der Waals surface area contributed by atoms with Crippen LogP contribution in [-0.2, 0) is 0 Å². The predicted molar refractivity (Wildman–Crippen MR) is 37.5 cm³/mol. The molecular formula is C8H16Cl2N2. The maximum absolute atomic E-state index is 2.66. The van der Waals surface area contributed by atoms with Crippen LogP contribution in [-0.4, -0.2) is 24.2 Å². The van der Waals surface area contributed by atoms with Crippen LogP contribution in [0.4, 0.5) is 0 Å². The number of hydrogen-bond acceptors (Lipinski definition) is 0. The van der Waals surface area contributed by atoms with Crippen LogP contribution in [0.25, 0.3) is 0 Å². The van der Waals surface area contributed by atoms with Crippen molar-refractivity contribution in [3.63, 3.8) is 0 Å². The number of rotatable bonds is 0. The summed E-state index contributed by atoms with van der Waals surface area (Å²) in [6, 6.07) is 4.01. The van der Waals surface area contributed by atoms with Crippen molar-refractivity contribution < 1.29 is 35.4 Å². The van der Waals surface area contributed by atoms with Crippen molar-refractivity contribution in [3.05, 3.63) is 0 Å². The normalized spacial score (nSPS) is 48.0. The van der Waals surface area contributed by atoms with Crippen LogP contribution in [0.2, 0.25) is 0 Å². The molecule has 0 aromatic rings. The quantitative estimate of drug-likeness (QED) is 0.399. The zero-order chi connectivity index (χ0) is 6.55. The van der Waals surface area contributed by atoms with E-state index >= 15 is 0 Å². The lowest BCUT2D eigenvalue weighted by molar-refractivity contribution is -0.850. The third-order valence-corrected chi connectivity index (χ3v) is 3.76. The summed E-state index contributed by atoms with van der Waals surface area (Å²) >= 11 is 0. The van der Waals surface area contributed by atoms with E-state index in [1.54, 1.807) is 0 Å². The van der Waals surface area contributed by atoms with E-state index in [0.29, 0.717) is 0 Å². The Morgan fingerprint density at radius 3 is 1.08 bits per heavy atom. The van der Waals surface area contributed by atoms with Crippen LogP contribution >= 0.6 is 0 Å². The predicted octanol–water partition coefficient (Wildman–Crippen LogP) is -7.80. The highest BCUT2D eigenvalue weighted by atomic mass is 35.5. The standard InChI is InChI=1S/C8H14N2.2ClH/c1-2-6-8-4-3-7(10-8)5(1)9-6;;/h5-10H,1-4H2;2*1H/t5-,6+,7-,8+;;. The van der Waals surface area contributed by atoms with Crippen LogP contribution in [0.15, 0.2) is 0 Å². The van der Waals surface area contributed by atoms with E-state index in [4.69, 9.17) is 0 Å². The van der Waals surface area contributed by atoms with Crippen LogP contribution in [0.5, 0.6) is 0 Å². The van der Waals surface area contributed by atoms with E-state index in [1.807, 2.05) is 0 Å². The number of nitrogens with two attached hydrogens (primary N) is 2. The summed E-state index contributed by atoms with van der Waals surface area (Å²) in [5, 5.41) is 5.31. The molecule has 4 bridgehead atoms. The van der Waals surface area contributed by atoms with Crippen molar-refractivity contribution in [1.29, 1.82) is 0 Å². The zero-order valence-corrected chi connectivity index (χ0v) is 8.56. The molecular weight excluding hydrogens is 195 g/mol. The topological polar surface area (TPSA) is 33.2 Å². The first-order valence-corrected chi connectivity index (χ1v) is 4.63. The molecule has 0 aromatic heterocycles. The Kier molecular flexibility index (Phi) is 3.27. The van der Waals surface area contributed by atoms with Crippen LogP contribution in [0, 0.1) is 0 Å². The largest absolute Gasteiger partial charge is 1.00 e. The smallest absolute Gasteiger partial charge is 0.139 e. The third-order valence-electron chi connectivity index (χ3n) is 3.76. The number of hydrogen-bond donors (Lipinski definition) is 2. The molecule has 0 aliphatic carbocycles. The highest BCUT2D eigenvalue weighted by Gasteiger charge is 2.52. The highest BCUT2D eigenvalue weighted by molar-refractivity contribution is 4.88. The SMILES string of the molecule is C1C[C@H]2[NH2+][C@@H]1[C@@H]1CC[C@H]2[NH2+]1.[Cl-].[Cl-]. The Bertz CT molecular complexity index is 131. The highest BCUT2D eigenvalue weighted by Crippen LogP contribution is 2.22. The van der Waals surface area contributed by atoms with Gasteiger partial charge in [-0.05, 0) is 0 Å². The zero-order valence-electron chi connectivity index (χ0n) is 7.05. The van der Waals surface area contributed by atoms with Crippen LogP contribution < -0.4 is 35.4 Å². The first-order chi connectivity index (χ1) is 4.93. The van der Waals surface area contributed by atoms with E-state index < -0.39 is 0 Å². The molecule has 3 aliphatic rings. The molecule has 0 saturated carbocycles. The van der Waals surface area contributed by atoms with Gasteiger partial charge in [0.1, 0.15) is 24.2 Å². The first-order valence-electron chi connectivity index (χ1n) is 4.63. The minimum atomic E-state index is 0. The number of fused-ring (bicyclic) bond motifs is 6. The molecule has 72 valence electrons. The van der Waals surface area contributed by atoms with Crippen molar-refractivity contribution in [2.24, 2.45) is 0 Å². The number of piperazine rings is 1. The molecule has 4 N–H and O–H groups in total. The van der Waals surface area contributed by atoms with Crippen molar-refractivity contribution in [3.8, 4) is 0 Å². The molecule has 0 radical (unpaired) electrons. The van der Waals surface area contributed by atoms with Gasteiger partial charge in [-0.15, -0.1) is 0 Å². The summed E-state index contributed by atoms with van der Waals surface area (Å²) < 4.78 is 0. The molecule has 0 amide bonds. The van der Waals surface area contributed by atoms with Crippen molar-refractivity contribution >= 4 is 0 Å². The average Bonchev–Trinajstić information content (AvgIpc) is 2.41. The van der Waals surface area contributed by atoms with Gasteiger partial charge in [-0.2, -0.15) is 0 Å². The summed E-state index contributed by atoms with van der Waals surface area (Å²) in [6.07, 6.45) is 6.01. The maximum atomic E-state index is 2.66. The first kappa shape index (κ1) is 10.6. The Morgan fingerprint density at radius 1 is 0.583 bits per heavy atom. The molecule has 4 atom stereocenters.